The van der Waals surface area contributed by atoms with Crippen LogP contribution in [-0.4, -0.2) is 13.4 Å². The van der Waals surface area contributed by atoms with Crippen LogP contribution in [0, 0.1) is 12.7 Å². The molecule has 0 spiro atoms. The average Bonchev–Trinajstić information content (AvgIpc) is 2.62. The van der Waals surface area contributed by atoms with Gasteiger partial charge >= 0.3 is 0 Å². The van der Waals surface area contributed by atoms with Crippen LogP contribution in [0.3, 0.4) is 0 Å². The van der Waals surface area contributed by atoms with Crippen molar-refractivity contribution in [2.75, 3.05) is 3.82 Å². The number of hydrogen-bond donors (Lipinski definition) is 0. The van der Waals surface area contributed by atoms with Crippen LogP contribution in [0.25, 0.3) is 11.3 Å². The van der Waals surface area contributed by atoms with Crippen LogP contribution in [-0.2, 0) is 10.0 Å². The van der Waals surface area contributed by atoms with E-state index < -0.39 is 10.0 Å². The SMILES string of the molecule is Cc1cc(F)ccc1-c1cccc(N(Cl)S(=O)(=O)c2ccccc2)n1. The van der Waals surface area contributed by atoms with Gasteiger partial charge in [0, 0.05) is 17.3 Å². The molecule has 0 aliphatic rings. The van der Waals surface area contributed by atoms with Crippen LogP contribution in [0.15, 0.2) is 71.6 Å². The van der Waals surface area contributed by atoms with Crippen molar-refractivity contribution in [3.8, 4) is 11.3 Å². The lowest BCUT2D eigenvalue weighted by Crippen LogP contribution is -2.22. The fraction of sp³-hybridized carbons (Fsp3) is 0.0556. The minimum atomic E-state index is -3.93. The molecule has 0 unspecified atom stereocenters. The second-order valence-electron chi connectivity index (χ2n) is 5.37. The van der Waals surface area contributed by atoms with Gasteiger partial charge in [0.25, 0.3) is 10.0 Å². The largest absolute Gasteiger partial charge is 0.279 e. The molecule has 1 aromatic heterocycles. The molecule has 0 atom stereocenters. The second-order valence-corrected chi connectivity index (χ2v) is 7.70. The second kappa shape index (κ2) is 6.82. The number of benzene rings is 2. The molecular weight excluding hydrogens is 363 g/mol. The summed E-state index contributed by atoms with van der Waals surface area (Å²) < 4.78 is 39.1. The zero-order chi connectivity index (χ0) is 18.0. The van der Waals surface area contributed by atoms with E-state index in [4.69, 9.17) is 11.8 Å². The Bertz CT molecular complexity index is 1010. The zero-order valence-electron chi connectivity index (χ0n) is 13.2. The number of nitrogens with zero attached hydrogens (tertiary/aromatic N) is 2. The summed E-state index contributed by atoms with van der Waals surface area (Å²) in [5, 5.41) is 0. The van der Waals surface area contributed by atoms with Crippen LogP contribution in [0.4, 0.5) is 10.2 Å². The van der Waals surface area contributed by atoms with E-state index in [0.717, 1.165) is 0 Å². The molecule has 0 saturated heterocycles. The Morgan fingerprint density at radius 2 is 1.72 bits per heavy atom. The summed E-state index contributed by atoms with van der Waals surface area (Å²) >= 11 is 6.08. The number of pyridine rings is 1. The number of rotatable bonds is 4. The van der Waals surface area contributed by atoms with Gasteiger partial charge in [-0.1, -0.05) is 24.3 Å². The van der Waals surface area contributed by atoms with Crippen molar-refractivity contribution in [2.45, 2.75) is 11.8 Å². The summed E-state index contributed by atoms with van der Waals surface area (Å²) in [4.78, 5) is 4.38. The van der Waals surface area contributed by atoms with Gasteiger partial charge < -0.3 is 0 Å². The Kier molecular flexibility index (Phi) is 4.74. The topological polar surface area (TPSA) is 50.3 Å². The Labute approximate surface area is 150 Å². The number of aromatic nitrogens is 1. The molecule has 0 fully saturated rings. The summed E-state index contributed by atoms with van der Waals surface area (Å²) in [7, 11) is -3.93. The lowest BCUT2D eigenvalue weighted by molar-refractivity contribution is 0.597. The lowest BCUT2D eigenvalue weighted by Gasteiger charge is -2.16. The molecule has 3 rings (SSSR count). The molecule has 0 aliphatic carbocycles. The highest BCUT2D eigenvalue weighted by molar-refractivity contribution is 7.94. The zero-order valence-corrected chi connectivity index (χ0v) is 14.8. The number of sulfonamides is 1. The summed E-state index contributed by atoms with van der Waals surface area (Å²) in [5.41, 5.74) is 1.89. The minimum absolute atomic E-state index is 0.0618. The number of halogens is 2. The Balaban J connectivity index is 2.02. The van der Waals surface area contributed by atoms with E-state index in [0.29, 0.717) is 20.6 Å². The molecule has 0 N–H and O–H groups in total. The molecule has 0 radical (unpaired) electrons. The van der Waals surface area contributed by atoms with Gasteiger partial charge in [0.1, 0.15) is 5.82 Å². The molecule has 3 aromatic rings. The highest BCUT2D eigenvalue weighted by Crippen LogP contribution is 2.28. The summed E-state index contributed by atoms with van der Waals surface area (Å²) in [6.07, 6.45) is 0. The smallest absolute Gasteiger partial charge is 0.228 e. The summed E-state index contributed by atoms with van der Waals surface area (Å²) in [6, 6.07) is 17.0. The van der Waals surface area contributed by atoms with Crippen LogP contribution >= 0.6 is 11.8 Å². The molecule has 2 aromatic carbocycles. The number of hydrogen-bond acceptors (Lipinski definition) is 3. The Morgan fingerprint density at radius 3 is 2.40 bits per heavy atom. The van der Waals surface area contributed by atoms with Crippen molar-refractivity contribution in [3.63, 3.8) is 0 Å². The average molecular weight is 377 g/mol. The first-order valence-corrected chi connectivity index (χ1v) is 9.17. The predicted octanol–water partition coefficient (Wildman–Crippen LogP) is 4.55. The third kappa shape index (κ3) is 3.50. The van der Waals surface area contributed by atoms with E-state index in [1.807, 2.05) is 0 Å². The predicted molar refractivity (Wildman–Crippen MR) is 96.3 cm³/mol. The van der Waals surface area contributed by atoms with Crippen molar-refractivity contribution in [2.24, 2.45) is 0 Å². The number of anilines is 1. The number of aryl methyl sites for hydroxylation is 1. The Hall–Kier alpha value is -2.44. The van der Waals surface area contributed by atoms with Gasteiger partial charge in [-0.05, 0) is 55.0 Å². The minimum Gasteiger partial charge on any atom is -0.228 e. The normalized spacial score (nSPS) is 11.3. The highest BCUT2D eigenvalue weighted by Gasteiger charge is 2.24. The van der Waals surface area contributed by atoms with Crippen molar-refractivity contribution < 1.29 is 12.8 Å². The van der Waals surface area contributed by atoms with E-state index in [1.165, 1.54) is 30.3 Å². The molecule has 25 heavy (non-hydrogen) atoms. The van der Waals surface area contributed by atoms with Crippen LogP contribution in [0.2, 0.25) is 0 Å². The third-order valence-corrected chi connectivity index (χ3v) is 5.83. The van der Waals surface area contributed by atoms with Gasteiger partial charge in [-0.15, -0.1) is 0 Å². The van der Waals surface area contributed by atoms with Crippen LogP contribution < -0.4 is 3.82 Å². The van der Waals surface area contributed by atoms with E-state index in [1.54, 1.807) is 43.3 Å². The van der Waals surface area contributed by atoms with Crippen molar-refractivity contribution >= 4 is 27.6 Å². The maximum absolute atomic E-state index is 13.3. The standard InChI is InChI=1S/C18H14ClFN2O2S/c1-13-12-14(20)10-11-16(13)17-8-5-9-18(21-17)22(19)25(23,24)15-6-3-2-4-7-15/h2-12H,1H3. The highest BCUT2D eigenvalue weighted by atomic mass is 35.5. The third-order valence-electron chi connectivity index (χ3n) is 3.63. The van der Waals surface area contributed by atoms with Crippen molar-refractivity contribution in [1.29, 1.82) is 0 Å². The first kappa shape index (κ1) is 17.4. The quantitative estimate of drug-likeness (QED) is 0.628. The summed E-state index contributed by atoms with van der Waals surface area (Å²) in [6.45, 7) is 1.76. The van der Waals surface area contributed by atoms with E-state index in [9.17, 15) is 12.8 Å². The maximum Gasteiger partial charge on any atom is 0.279 e. The van der Waals surface area contributed by atoms with E-state index in [2.05, 4.69) is 4.98 Å². The van der Waals surface area contributed by atoms with E-state index in [-0.39, 0.29) is 16.5 Å². The molecular formula is C18H14ClFN2O2S. The van der Waals surface area contributed by atoms with Gasteiger partial charge in [-0.2, -0.15) is 12.2 Å². The van der Waals surface area contributed by atoms with Crippen molar-refractivity contribution in [3.05, 3.63) is 78.1 Å². The maximum atomic E-state index is 13.3. The van der Waals surface area contributed by atoms with Gasteiger partial charge in [0.15, 0.2) is 5.82 Å². The summed E-state index contributed by atoms with van der Waals surface area (Å²) in [5.74, 6) is -0.283. The van der Waals surface area contributed by atoms with Crippen molar-refractivity contribution in [1.82, 2.24) is 4.98 Å². The molecule has 1 heterocycles. The molecule has 0 saturated carbocycles. The molecule has 128 valence electrons. The first-order chi connectivity index (χ1) is 11.9. The Morgan fingerprint density at radius 1 is 1.00 bits per heavy atom. The first-order valence-electron chi connectivity index (χ1n) is 7.39. The molecule has 0 bridgehead atoms. The molecule has 0 amide bonds. The van der Waals surface area contributed by atoms with Gasteiger partial charge in [0.2, 0.25) is 0 Å². The monoisotopic (exact) mass is 376 g/mol. The fourth-order valence-corrected chi connectivity index (χ4v) is 3.76. The van der Waals surface area contributed by atoms with Gasteiger partial charge in [-0.3, -0.25) is 0 Å². The van der Waals surface area contributed by atoms with Crippen LogP contribution in [0.5, 0.6) is 0 Å². The molecule has 4 nitrogen and oxygen atoms in total. The lowest BCUT2D eigenvalue weighted by atomic mass is 10.1. The van der Waals surface area contributed by atoms with E-state index >= 15 is 0 Å². The van der Waals surface area contributed by atoms with Gasteiger partial charge in [0.05, 0.1) is 10.6 Å². The van der Waals surface area contributed by atoms with Gasteiger partial charge in [-0.25, -0.2) is 9.37 Å². The molecule has 7 heteroatoms. The molecule has 0 aliphatic heterocycles. The van der Waals surface area contributed by atoms with Crippen LogP contribution in [0.1, 0.15) is 5.56 Å². The fourth-order valence-electron chi connectivity index (χ4n) is 2.39.